The summed E-state index contributed by atoms with van der Waals surface area (Å²) in [6.45, 7) is 2.17. The van der Waals surface area contributed by atoms with Crippen LogP contribution in [0.5, 0.6) is 0 Å². The van der Waals surface area contributed by atoms with Gasteiger partial charge in [0.05, 0.1) is 18.4 Å². The maximum Gasteiger partial charge on any atom is 0.0962 e. The Kier molecular flexibility index (Phi) is 6.61. The van der Waals surface area contributed by atoms with Crippen molar-refractivity contribution in [2.75, 3.05) is 6.66 Å². The fourth-order valence-corrected chi connectivity index (χ4v) is 5.39. The SMILES string of the molecule is CP(=NN=Nc1ccccc1C=Nc1ccccc1)(c1ccccc1)c1ccccc1. The number of aliphatic imine (C=N–C) groups is 1. The van der Waals surface area contributed by atoms with Crippen LogP contribution in [-0.4, -0.2) is 12.9 Å². The lowest BCUT2D eigenvalue weighted by Gasteiger charge is -2.18. The van der Waals surface area contributed by atoms with Crippen molar-refractivity contribution < 1.29 is 0 Å². The van der Waals surface area contributed by atoms with Gasteiger partial charge in [-0.25, -0.2) is 0 Å². The van der Waals surface area contributed by atoms with E-state index in [4.69, 9.17) is 4.85 Å². The number of hydrogen-bond acceptors (Lipinski definition) is 2. The van der Waals surface area contributed by atoms with Crippen molar-refractivity contribution >= 4 is 35.3 Å². The van der Waals surface area contributed by atoms with Gasteiger partial charge in [-0.05, 0) is 40.7 Å². The molecule has 0 saturated heterocycles. The standard InChI is InChI=1S/C26H23N4P/c1-31(24-16-7-3-8-17-24,25-18-9-4-10-19-25)30-29-28-26-20-12-11-13-22(26)21-27-23-14-5-2-6-15-23/h2-21H,1H3. The van der Waals surface area contributed by atoms with Crippen molar-refractivity contribution in [2.45, 2.75) is 0 Å². The molecular formula is C26H23N4P. The Hall–Kier alpha value is -3.62. The summed E-state index contributed by atoms with van der Waals surface area (Å²) in [6.07, 6.45) is 1.81. The summed E-state index contributed by atoms with van der Waals surface area (Å²) in [5.41, 5.74) is 2.52. The van der Waals surface area contributed by atoms with Crippen LogP contribution in [0.25, 0.3) is 0 Å². The molecule has 0 radical (unpaired) electrons. The first-order valence-electron chi connectivity index (χ1n) is 10.0. The highest BCUT2D eigenvalue weighted by Crippen LogP contribution is 2.43. The molecule has 0 amide bonds. The summed E-state index contributed by atoms with van der Waals surface area (Å²) in [5.74, 6) is 0. The number of benzene rings is 4. The fraction of sp³-hybridized carbons (Fsp3) is 0.0385. The summed E-state index contributed by atoms with van der Waals surface area (Å²) in [7, 11) is -2.06. The molecule has 4 nitrogen and oxygen atoms in total. The minimum absolute atomic E-state index is 0.735. The van der Waals surface area contributed by atoms with Gasteiger partial charge in [-0.1, -0.05) is 97.1 Å². The molecular weight excluding hydrogens is 399 g/mol. The third-order valence-electron chi connectivity index (χ3n) is 4.93. The van der Waals surface area contributed by atoms with Gasteiger partial charge in [0, 0.05) is 11.8 Å². The molecule has 0 unspecified atom stereocenters. The number of hydrogen-bond donors (Lipinski definition) is 0. The highest BCUT2D eigenvalue weighted by molar-refractivity contribution is 7.80. The molecule has 0 fully saturated rings. The first-order valence-corrected chi connectivity index (χ1v) is 12.2. The topological polar surface area (TPSA) is 49.4 Å². The largest absolute Gasteiger partial charge is 0.256 e. The summed E-state index contributed by atoms with van der Waals surface area (Å²) in [6, 6.07) is 38.3. The predicted octanol–water partition coefficient (Wildman–Crippen LogP) is 6.92. The molecule has 5 heteroatoms. The molecule has 0 aliphatic rings. The van der Waals surface area contributed by atoms with Gasteiger partial charge >= 0.3 is 0 Å². The van der Waals surface area contributed by atoms with Crippen molar-refractivity contribution in [3.63, 3.8) is 0 Å². The minimum Gasteiger partial charge on any atom is -0.256 e. The van der Waals surface area contributed by atoms with Crippen LogP contribution in [0.3, 0.4) is 0 Å². The first-order chi connectivity index (χ1) is 15.3. The maximum absolute atomic E-state index is 4.78. The summed E-state index contributed by atoms with van der Waals surface area (Å²) < 4.78 is 0. The van der Waals surface area contributed by atoms with Gasteiger partial charge in [-0.3, -0.25) is 4.99 Å². The van der Waals surface area contributed by atoms with Gasteiger partial charge < -0.3 is 0 Å². The Bertz CT molecular complexity index is 1190. The van der Waals surface area contributed by atoms with Crippen molar-refractivity contribution in [2.24, 2.45) is 20.2 Å². The second kappa shape index (κ2) is 9.92. The lowest BCUT2D eigenvalue weighted by Crippen LogP contribution is -2.14. The summed E-state index contributed by atoms with van der Waals surface area (Å²) >= 11 is 0. The van der Waals surface area contributed by atoms with E-state index in [0.717, 1.165) is 16.9 Å². The molecule has 4 rings (SSSR count). The van der Waals surface area contributed by atoms with Crippen molar-refractivity contribution in [3.8, 4) is 0 Å². The molecule has 4 aromatic carbocycles. The Morgan fingerprint density at radius 3 is 1.74 bits per heavy atom. The molecule has 0 aliphatic heterocycles. The Morgan fingerprint density at radius 2 is 1.13 bits per heavy atom. The maximum atomic E-state index is 4.78. The number of nitrogens with zero attached hydrogens (tertiary/aromatic N) is 4. The van der Waals surface area contributed by atoms with E-state index in [1.165, 1.54) is 10.6 Å². The van der Waals surface area contributed by atoms with Gasteiger partial charge in [-0.2, -0.15) is 0 Å². The van der Waals surface area contributed by atoms with Crippen LogP contribution in [0.1, 0.15) is 5.56 Å². The molecule has 0 N–H and O–H groups in total. The quantitative estimate of drug-likeness (QED) is 0.140. The van der Waals surface area contributed by atoms with Gasteiger partial charge in [0.25, 0.3) is 0 Å². The number of rotatable bonds is 6. The summed E-state index contributed by atoms with van der Waals surface area (Å²) in [5, 5.41) is 11.1. The monoisotopic (exact) mass is 422 g/mol. The van der Waals surface area contributed by atoms with Crippen molar-refractivity contribution in [1.29, 1.82) is 0 Å². The Morgan fingerprint density at radius 1 is 0.613 bits per heavy atom. The van der Waals surface area contributed by atoms with Crippen LogP contribution in [0.15, 0.2) is 135 Å². The van der Waals surface area contributed by atoms with Crippen LogP contribution in [0, 0.1) is 0 Å². The van der Waals surface area contributed by atoms with Crippen LogP contribution < -0.4 is 10.6 Å². The van der Waals surface area contributed by atoms with Crippen LogP contribution in [0.4, 0.5) is 11.4 Å². The van der Waals surface area contributed by atoms with E-state index in [2.05, 4.69) is 46.3 Å². The van der Waals surface area contributed by atoms with E-state index in [-0.39, 0.29) is 0 Å². The molecule has 0 aliphatic carbocycles. The van der Waals surface area contributed by atoms with Crippen LogP contribution >= 0.6 is 7.05 Å². The van der Waals surface area contributed by atoms with E-state index in [1.807, 2.05) is 97.2 Å². The van der Waals surface area contributed by atoms with Gasteiger partial charge in [0.15, 0.2) is 0 Å². The zero-order chi connectivity index (χ0) is 21.4. The summed E-state index contributed by atoms with van der Waals surface area (Å²) in [4.78, 5) is 9.31. The molecule has 0 spiro atoms. The molecule has 0 bridgehead atoms. The van der Waals surface area contributed by atoms with E-state index in [9.17, 15) is 0 Å². The molecule has 152 valence electrons. The molecule has 4 aromatic rings. The number of para-hydroxylation sites is 1. The molecule has 31 heavy (non-hydrogen) atoms. The molecule has 0 atom stereocenters. The lowest BCUT2D eigenvalue weighted by molar-refractivity contribution is 1.07. The van der Waals surface area contributed by atoms with Crippen molar-refractivity contribution in [3.05, 3.63) is 121 Å². The third kappa shape index (κ3) is 5.11. The van der Waals surface area contributed by atoms with Gasteiger partial charge in [0.2, 0.25) is 0 Å². The highest BCUT2D eigenvalue weighted by atomic mass is 31.2. The normalized spacial score (nSPS) is 11.8. The van der Waals surface area contributed by atoms with E-state index >= 15 is 0 Å². The molecule has 0 heterocycles. The highest BCUT2D eigenvalue weighted by Gasteiger charge is 2.18. The zero-order valence-electron chi connectivity index (χ0n) is 17.3. The van der Waals surface area contributed by atoms with Crippen LogP contribution in [-0.2, 0) is 0 Å². The minimum atomic E-state index is -2.06. The average molecular weight is 422 g/mol. The molecule has 0 saturated carbocycles. The molecule has 0 aromatic heterocycles. The van der Waals surface area contributed by atoms with E-state index in [0.29, 0.717) is 0 Å². The van der Waals surface area contributed by atoms with Crippen molar-refractivity contribution in [1.82, 2.24) is 0 Å². The predicted molar refractivity (Wildman–Crippen MR) is 132 cm³/mol. The Labute approximate surface area is 183 Å². The third-order valence-corrected chi connectivity index (χ3v) is 7.98. The van der Waals surface area contributed by atoms with E-state index < -0.39 is 7.05 Å². The fourth-order valence-electron chi connectivity index (χ4n) is 3.18. The second-order valence-corrected chi connectivity index (χ2v) is 10.2. The Balaban J connectivity index is 1.69. The zero-order valence-corrected chi connectivity index (χ0v) is 18.2. The van der Waals surface area contributed by atoms with Crippen LogP contribution in [0.2, 0.25) is 0 Å². The first kappa shape index (κ1) is 20.6. The lowest BCUT2D eigenvalue weighted by atomic mass is 10.2. The smallest absolute Gasteiger partial charge is 0.0962 e. The average Bonchev–Trinajstić information content (AvgIpc) is 2.85. The van der Waals surface area contributed by atoms with Gasteiger partial charge in [-0.15, -0.1) is 9.97 Å². The second-order valence-electron chi connectivity index (χ2n) is 7.06. The van der Waals surface area contributed by atoms with E-state index in [1.54, 1.807) is 0 Å². The van der Waals surface area contributed by atoms with Gasteiger partial charge in [0.1, 0.15) is 0 Å².